The van der Waals surface area contributed by atoms with E-state index in [-0.39, 0.29) is 40.0 Å². The quantitative estimate of drug-likeness (QED) is 0.410. The minimum absolute atomic E-state index is 0. The standard InChI is InChI=1S/C11H11F6OSi.BrH.Mg/c1-19(2,3)18-9-7(10(12,13)14)5-4-6-8(9)11(15,16)17;;/h5-6H,1-3H3;1H;/q-1;;+2/p-1. The number of alkyl halides is 6. The van der Waals surface area contributed by atoms with Crippen LogP contribution in [0.1, 0.15) is 11.1 Å². The van der Waals surface area contributed by atoms with E-state index in [1.165, 1.54) is 19.6 Å². The average Bonchev–Trinajstić information content (AvgIpc) is 2.11. The molecule has 0 saturated heterocycles. The minimum atomic E-state index is -4.92. The van der Waals surface area contributed by atoms with Gasteiger partial charge in [0.2, 0.25) is 8.32 Å². The van der Waals surface area contributed by atoms with Gasteiger partial charge in [0.25, 0.3) is 0 Å². The molecule has 0 amide bonds. The zero-order valence-corrected chi connectivity index (χ0v) is 15.4. The van der Waals surface area contributed by atoms with Gasteiger partial charge in [0.15, 0.2) is 0 Å². The van der Waals surface area contributed by atoms with Gasteiger partial charge in [-0.3, -0.25) is 0 Å². The Balaban J connectivity index is 0. The van der Waals surface area contributed by atoms with Crippen molar-refractivity contribution in [3.8, 4) is 5.75 Å². The Morgan fingerprint density at radius 1 is 0.905 bits per heavy atom. The van der Waals surface area contributed by atoms with Crippen molar-refractivity contribution in [3.05, 3.63) is 29.3 Å². The van der Waals surface area contributed by atoms with Gasteiger partial charge in [-0.2, -0.15) is 44.5 Å². The van der Waals surface area contributed by atoms with E-state index < -0.39 is 37.5 Å². The molecule has 0 aliphatic heterocycles. The van der Waals surface area contributed by atoms with Crippen molar-refractivity contribution in [1.29, 1.82) is 0 Å². The van der Waals surface area contributed by atoms with E-state index in [1.807, 2.05) is 6.07 Å². The van der Waals surface area contributed by atoms with Crippen LogP contribution in [0.5, 0.6) is 5.75 Å². The Kier molecular flexibility index (Phi) is 8.39. The summed E-state index contributed by atoms with van der Waals surface area (Å²) in [4.78, 5) is 0. The van der Waals surface area contributed by atoms with Gasteiger partial charge < -0.3 is 21.4 Å². The predicted molar refractivity (Wildman–Crippen MR) is 65.0 cm³/mol. The van der Waals surface area contributed by atoms with Gasteiger partial charge in [-0.25, -0.2) is 0 Å². The van der Waals surface area contributed by atoms with Crippen molar-refractivity contribution >= 4 is 31.4 Å². The molecular formula is C11H11BrF6MgOSi. The molecular weight excluding hydrogens is 394 g/mol. The van der Waals surface area contributed by atoms with Crippen LogP contribution in [0.25, 0.3) is 0 Å². The molecule has 116 valence electrons. The fraction of sp³-hybridized carbons (Fsp3) is 0.455. The smallest absolute Gasteiger partial charge is 1.00 e. The first-order valence-electron chi connectivity index (χ1n) is 5.20. The Hall–Kier alpha value is 0.0631. The van der Waals surface area contributed by atoms with Gasteiger partial charge in [0.05, 0.1) is 0 Å². The summed E-state index contributed by atoms with van der Waals surface area (Å²) in [6.45, 7) is 4.51. The molecule has 0 aromatic heterocycles. The van der Waals surface area contributed by atoms with E-state index in [4.69, 9.17) is 4.43 Å². The van der Waals surface area contributed by atoms with Crippen molar-refractivity contribution in [2.24, 2.45) is 0 Å². The topological polar surface area (TPSA) is 9.23 Å². The van der Waals surface area contributed by atoms with Gasteiger partial charge in [-0.05, 0) is 30.8 Å². The molecule has 1 aromatic rings. The molecule has 21 heavy (non-hydrogen) atoms. The number of benzene rings is 1. The Labute approximate surface area is 146 Å². The summed E-state index contributed by atoms with van der Waals surface area (Å²) in [5, 5.41) is 0. The Morgan fingerprint density at radius 3 is 1.48 bits per heavy atom. The molecule has 0 N–H and O–H groups in total. The van der Waals surface area contributed by atoms with Crippen LogP contribution in [0.15, 0.2) is 12.1 Å². The van der Waals surface area contributed by atoms with Crippen molar-refractivity contribution in [2.45, 2.75) is 32.0 Å². The second-order valence-corrected chi connectivity index (χ2v) is 9.25. The maximum absolute atomic E-state index is 12.7. The summed E-state index contributed by atoms with van der Waals surface area (Å²) in [5.74, 6) is -1.15. The Bertz CT molecular complexity index is 437. The molecule has 0 saturated carbocycles. The third kappa shape index (κ3) is 6.78. The summed E-state index contributed by atoms with van der Waals surface area (Å²) >= 11 is 0. The largest absolute Gasteiger partial charge is 2.00 e. The van der Waals surface area contributed by atoms with Gasteiger partial charge in [0, 0.05) is 5.75 Å². The third-order valence-electron chi connectivity index (χ3n) is 1.96. The number of rotatable bonds is 2. The molecule has 10 heteroatoms. The van der Waals surface area contributed by atoms with E-state index in [2.05, 4.69) is 0 Å². The summed E-state index contributed by atoms with van der Waals surface area (Å²) in [6, 6.07) is 2.79. The summed E-state index contributed by atoms with van der Waals surface area (Å²) in [5.41, 5.74) is -2.91. The normalized spacial score (nSPS) is 12.2. The van der Waals surface area contributed by atoms with Crippen LogP contribution in [0.2, 0.25) is 19.6 Å². The molecule has 0 spiro atoms. The van der Waals surface area contributed by atoms with Crippen LogP contribution in [0, 0.1) is 6.07 Å². The summed E-state index contributed by atoms with van der Waals surface area (Å²) in [6.07, 6.45) is -9.85. The van der Waals surface area contributed by atoms with Crippen LogP contribution >= 0.6 is 0 Å². The van der Waals surface area contributed by atoms with Crippen LogP contribution in [-0.2, 0) is 12.4 Å². The maximum Gasteiger partial charge on any atom is 2.00 e. The third-order valence-corrected chi connectivity index (χ3v) is 2.78. The van der Waals surface area contributed by atoms with E-state index in [1.54, 1.807) is 0 Å². The van der Waals surface area contributed by atoms with Crippen molar-refractivity contribution in [2.75, 3.05) is 0 Å². The van der Waals surface area contributed by atoms with Gasteiger partial charge >= 0.3 is 35.4 Å². The Morgan fingerprint density at radius 2 is 1.24 bits per heavy atom. The van der Waals surface area contributed by atoms with Crippen molar-refractivity contribution in [1.82, 2.24) is 0 Å². The van der Waals surface area contributed by atoms with Crippen molar-refractivity contribution < 1.29 is 47.7 Å². The summed E-state index contributed by atoms with van der Waals surface area (Å²) in [7, 11) is -2.63. The van der Waals surface area contributed by atoms with E-state index >= 15 is 0 Å². The second kappa shape index (κ2) is 7.56. The van der Waals surface area contributed by atoms with E-state index in [9.17, 15) is 26.3 Å². The van der Waals surface area contributed by atoms with Crippen LogP contribution < -0.4 is 21.4 Å². The molecule has 1 nitrogen and oxygen atoms in total. The average molecular weight is 405 g/mol. The molecule has 0 bridgehead atoms. The molecule has 0 radical (unpaired) electrons. The molecule has 0 aliphatic carbocycles. The summed E-state index contributed by atoms with van der Waals surface area (Å²) < 4.78 is 81.4. The monoisotopic (exact) mass is 404 g/mol. The molecule has 0 unspecified atom stereocenters. The fourth-order valence-electron chi connectivity index (χ4n) is 1.32. The van der Waals surface area contributed by atoms with E-state index in [0.29, 0.717) is 12.1 Å². The van der Waals surface area contributed by atoms with E-state index in [0.717, 1.165) is 0 Å². The number of hydrogen-bond acceptors (Lipinski definition) is 1. The first-order chi connectivity index (χ1) is 8.32. The van der Waals surface area contributed by atoms with Crippen molar-refractivity contribution in [3.63, 3.8) is 0 Å². The molecule has 1 aromatic carbocycles. The maximum atomic E-state index is 12.7. The van der Waals surface area contributed by atoms with Crippen LogP contribution in [-0.4, -0.2) is 31.4 Å². The SMILES string of the molecule is C[Si](C)(C)Oc1c(C(F)(F)F)c[c-]cc1C(F)(F)F.[Br-].[Mg+2]. The first kappa shape index (κ1) is 23.3. The first-order valence-corrected chi connectivity index (χ1v) is 8.61. The van der Waals surface area contributed by atoms with Gasteiger partial charge in [-0.15, -0.1) is 0 Å². The number of halogens is 7. The zero-order chi connectivity index (χ0) is 15.1. The molecule has 1 rings (SSSR count). The molecule has 0 atom stereocenters. The number of hydrogen-bond donors (Lipinski definition) is 0. The minimum Gasteiger partial charge on any atom is -1.00 e. The second-order valence-electron chi connectivity index (χ2n) is 4.82. The molecule has 0 aliphatic rings. The molecule has 0 fully saturated rings. The van der Waals surface area contributed by atoms with Gasteiger partial charge in [0.1, 0.15) is 0 Å². The molecule has 0 heterocycles. The predicted octanol–water partition coefficient (Wildman–Crippen LogP) is 1.36. The zero-order valence-electron chi connectivity index (χ0n) is 11.4. The van der Waals surface area contributed by atoms with Gasteiger partial charge in [-0.1, -0.05) is 0 Å². The fourth-order valence-corrected chi connectivity index (χ4v) is 2.15. The van der Waals surface area contributed by atoms with Crippen LogP contribution in [0.3, 0.4) is 0 Å². The van der Waals surface area contributed by atoms with Crippen LogP contribution in [0.4, 0.5) is 26.3 Å².